The summed E-state index contributed by atoms with van der Waals surface area (Å²) in [7, 11) is 1.51. The molecule has 10 heteroatoms. The summed E-state index contributed by atoms with van der Waals surface area (Å²) in [5.74, 6) is -1.57. The maximum atomic E-state index is 13.9. The Balaban J connectivity index is 1.33. The minimum atomic E-state index is -0.562. The van der Waals surface area contributed by atoms with Gasteiger partial charge in [0, 0.05) is 31.6 Å². The molecule has 2 aliphatic heterocycles. The van der Waals surface area contributed by atoms with E-state index in [0.29, 0.717) is 11.4 Å². The number of imide groups is 1. The third kappa shape index (κ3) is 4.81. The van der Waals surface area contributed by atoms with Gasteiger partial charge >= 0.3 is 0 Å². The second-order valence-electron chi connectivity index (χ2n) is 7.72. The number of methoxy groups -OCH3 is 1. The van der Waals surface area contributed by atoms with Crippen LogP contribution in [0.4, 0.5) is 14.9 Å². The Bertz CT molecular complexity index is 1180. The fourth-order valence-electron chi connectivity index (χ4n) is 3.83. The standard InChI is InChI=1S/C24H22FN3O5S/c1-33-19-9-5-4-8-18(19)28-14-16(13-21(28)29)22(30)26-10-11-27-23(31)20(34-24(27)32)12-15-6-2-3-7-17(15)25/h2-9,12,16H,10-11,13-14H2,1H3,(H,26,30). The first-order valence-electron chi connectivity index (χ1n) is 10.6. The molecule has 8 nitrogen and oxygen atoms in total. The van der Waals surface area contributed by atoms with Gasteiger partial charge in [-0.3, -0.25) is 24.1 Å². The third-order valence-electron chi connectivity index (χ3n) is 5.57. The highest BCUT2D eigenvalue weighted by Crippen LogP contribution is 2.33. The lowest BCUT2D eigenvalue weighted by Crippen LogP contribution is -2.40. The predicted octanol–water partition coefficient (Wildman–Crippen LogP) is 3.04. The summed E-state index contributed by atoms with van der Waals surface area (Å²) in [6, 6.07) is 13.0. The van der Waals surface area contributed by atoms with Gasteiger partial charge in [-0.1, -0.05) is 30.3 Å². The van der Waals surface area contributed by atoms with Crippen LogP contribution in [0.3, 0.4) is 0 Å². The van der Waals surface area contributed by atoms with Crippen molar-refractivity contribution in [3.05, 3.63) is 64.8 Å². The van der Waals surface area contributed by atoms with Crippen molar-refractivity contribution in [2.45, 2.75) is 6.42 Å². The lowest BCUT2D eigenvalue weighted by Gasteiger charge is -2.19. The second-order valence-corrected chi connectivity index (χ2v) is 8.72. The van der Waals surface area contributed by atoms with E-state index >= 15 is 0 Å². The molecule has 4 rings (SSSR count). The fourth-order valence-corrected chi connectivity index (χ4v) is 4.69. The molecule has 34 heavy (non-hydrogen) atoms. The highest BCUT2D eigenvalue weighted by molar-refractivity contribution is 8.18. The molecule has 2 aromatic carbocycles. The van der Waals surface area contributed by atoms with Crippen molar-refractivity contribution >= 4 is 46.5 Å². The van der Waals surface area contributed by atoms with Crippen LogP contribution in [0.5, 0.6) is 5.75 Å². The number of amides is 4. The molecule has 0 radical (unpaired) electrons. The van der Waals surface area contributed by atoms with Crippen LogP contribution in [0.1, 0.15) is 12.0 Å². The lowest BCUT2D eigenvalue weighted by atomic mass is 10.1. The Kier molecular flexibility index (Phi) is 6.97. The minimum Gasteiger partial charge on any atom is -0.495 e. The molecule has 176 valence electrons. The molecule has 2 aliphatic rings. The number of para-hydroxylation sites is 2. The van der Waals surface area contributed by atoms with Crippen LogP contribution in [0.15, 0.2) is 53.4 Å². The first kappa shape index (κ1) is 23.5. The van der Waals surface area contributed by atoms with E-state index in [9.17, 15) is 23.6 Å². The number of hydrogen-bond donors (Lipinski definition) is 1. The van der Waals surface area contributed by atoms with E-state index in [0.717, 1.165) is 16.7 Å². The van der Waals surface area contributed by atoms with E-state index in [4.69, 9.17) is 4.74 Å². The van der Waals surface area contributed by atoms with Crippen molar-refractivity contribution < 1.29 is 28.3 Å². The van der Waals surface area contributed by atoms with Crippen LogP contribution >= 0.6 is 11.8 Å². The van der Waals surface area contributed by atoms with Crippen LogP contribution in [0.25, 0.3) is 6.08 Å². The number of rotatable bonds is 7. The van der Waals surface area contributed by atoms with Gasteiger partial charge in [-0.2, -0.15) is 0 Å². The van der Waals surface area contributed by atoms with Gasteiger partial charge in [-0.25, -0.2) is 4.39 Å². The monoisotopic (exact) mass is 483 g/mol. The summed E-state index contributed by atoms with van der Waals surface area (Å²) in [6.45, 7) is 0.225. The maximum Gasteiger partial charge on any atom is 0.293 e. The molecule has 0 aromatic heterocycles. The zero-order valence-electron chi connectivity index (χ0n) is 18.3. The Labute approximate surface area is 199 Å². The molecule has 2 fully saturated rings. The largest absolute Gasteiger partial charge is 0.495 e. The Morgan fingerprint density at radius 2 is 1.91 bits per heavy atom. The highest BCUT2D eigenvalue weighted by atomic mass is 32.2. The summed E-state index contributed by atoms with van der Waals surface area (Å²) >= 11 is 0.727. The number of thioether (sulfide) groups is 1. The Morgan fingerprint density at radius 3 is 2.68 bits per heavy atom. The Morgan fingerprint density at radius 1 is 1.18 bits per heavy atom. The van der Waals surface area contributed by atoms with Gasteiger partial charge in [-0.05, 0) is 36.0 Å². The van der Waals surface area contributed by atoms with E-state index in [1.165, 1.54) is 36.3 Å². The average Bonchev–Trinajstić information content (AvgIpc) is 3.35. The van der Waals surface area contributed by atoms with E-state index in [2.05, 4.69) is 5.32 Å². The number of carbonyl (C=O) groups is 4. The number of nitrogens with one attached hydrogen (secondary N) is 1. The van der Waals surface area contributed by atoms with E-state index < -0.39 is 22.9 Å². The highest BCUT2D eigenvalue weighted by Gasteiger charge is 2.37. The molecule has 1 unspecified atom stereocenters. The van der Waals surface area contributed by atoms with Crippen LogP contribution in [-0.2, 0) is 14.4 Å². The molecule has 0 bridgehead atoms. The molecule has 0 saturated carbocycles. The predicted molar refractivity (Wildman–Crippen MR) is 126 cm³/mol. The van der Waals surface area contributed by atoms with Gasteiger partial charge in [0.1, 0.15) is 11.6 Å². The number of nitrogens with zero attached hydrogens (tertiary/aromatic N) is 2. The van der Waals surface area contributed by atoms with Crippen LogP contribution in [0.2, 0.25) is 0 Å². The molecule has 0 aliphatic carbocycles. The van der Waals surface area contributed by atoms with E-state index in [1.54, 1.807) is 30.3 Å². The third-order valence-corrected chi connectivity index (χ3v) is 6.48. The van der Waals surface area contributed by atoms with Crippen molar-refractivity contribution in [1.82, 2.24) is 10.2 Å². The van der Waals surface area contributed by atoms with Crippen molar-refractivity contribution in [2.24, 2.45) is 5.92 Å². The SMILES string of the molecule is COc1ccccc1N1CC(C(=O)NCCN2C(=O)SC(=Cc3ccccc3F)C2=O)CC1=O. The fraction of sp³-hybridized carbons (Fsp3) is 0.250. The summed E-state index contributed by atoms with van der Waals surface area (Å²) in [5, 5.41) is 2.22. The molecule has 2 saturated heterocycles. The molecule has 0 spiro atoms. The van der Waals surface area contributed by atoms with Gasteiger partial charge in [-0.15, -0.1) is 0 Å². The zero-order chi connectivity index (χ0) is 24.2. The maximum absolute atomic E-state index is 13.9. The Hall–Kier alpha value is -3.66. The zero-order valence-corrected chi connectivity index (χ0v) is 19.1. The average molecular weight is 484 g/mol. The number of ether oxygens (including phenoxy) is 1. The number of carbonyl (C=O) groups excluding carboxylic acids is 4. The van der Waals surface area contributed by atoms with Crippen LogP contribution < -0.4 is 15.0 Å². The van der Waals surface area contributed by atoms with E-state index in [1.807, 2.05) is 0 Å². The smallest absolute Gasteiger partial charge is 0.293 e. The molecule has 2 heterocycles. The molecular weight excluding hydrogens is 461 g/mol. The van der Waals surface area contributed by atoms with Gasteiger partial charge < -0.3 is 15.0 Å². The summed E-state index contributed by atoms with van der Waals surface area (Å²) < 4.78 is 19.2. The van der Waals surface area contributed by atoms with Crippen LogP contribution in [-0.4, -0.2) is 54.6 Å². The van der Waals surface area contributed by atoms with Gasteiger partial charge in [0.25, 0.3) is 11.1 Å². The lowest BCUT2D eigenvalue weighted by molar-refractivity contribution is -0.127. The first-order chi connectivity index (χ1) is 16.4. The first-order valence-corrected chi connectivity index (χ1v) is 11.4. The summed E-state index contributed by atoms with van der Waals surface area (Å²) in [4.78, 5) is 52.6. The van der Waals surface area contributed by atoms with Crippen molar-refractivity contribution in [2.75, 3.05) is 31.6 Å². The number of anilines is 1. The minimum absolute atomic E-state index is 0.0259. The topological polar surface area (TPSA) is 96.0 Å². The number of benzene rings is 2. The summed E-state index contributed by atoms with van der Waals surface area (Å²) in [5.41, 5.74) is 0.816. The van der Waals surface area contributed by atoms with Crippen LogP contribution in [0, 0.1) is 11.7 Å². The van der Waals surface area contributed by atoms with Gasteiger partial charge in [0.15, 0.2) is 0 Å². The number of halogens is 1. The molecule has 4 amide bonds. The quantitative estimate of drug-likeness (QED) is 0.609. The molecule has 1 N–H and O–H groups in total. The van der Waals surface area contributed by atoms with Gasteiger partial charge in [0.2, 0.25) is 11.8 Å². The van der Waals surface area contributed by atoms with Crippen molar-refractivity contribution in [3.63, 3.8) is 0 Å². The second kappa shape index (κ2) is 10.1. The van der Waals surface area contributed by atoms with Gasteiger partial charge in [0.05, 0.1) is 23.6 Å². The molecule has 2 aromatic rings. The normalized spacial score (nSPS) is 19.3. The van der Waals surface area contributed by atoms with Crippen molar-refractivity contribution in [1.29, 1.82) is 0 Å². The van der Waals surface area contributed by atoms with Crippen molar-refractivity contribution in [3.8, 4) is 5.75 Å². The molecular formula is C24H22FN3O5S. The van der Waals surface area contributed by atoms with E-state index in [-0.39, 0.29) is 48.3 Å². The molecule has 1 atom stereocenters. The summed E-state index contributed by atoms with van der Waals surface area (Å²) in [6.07, 6.45) is 1.40. The number of hydrogen-bond acceptors (Lipinski definition) is 6.